The van der Waals surface area contributed by atoms with E-state index in [-0.39, 0.29) is 11.8 Å². The lowest BCUT2D eigenvalue weighted by molar-refractivity contribution is -0.387. The summed E-state index contributed by atoms with van der Waals surface area (Å²) in [6.07, 6.45) is 2.75. The van der Waals surface area contributed by atoms with E-state index in [4.69, 9.17) is 21.1 Å². The summed E-state index contributed by atoms with van der Waals surface area (Å²) in [5, 5.41) is 13.1. The molecule has 4 rings (SSSR count). The molecule has 0 saturated carbocycles. The summed E-state index contributed by atoms with van der Waals surface area (Å²) < 4.78 is 11.4. The topological polar surface area (TPSA) is 100 Å². The highest BCUT2D eigenvalue weighted by Gasteiger charge is 2.27. The number of nitro groups is 1. The number of benzene rings is 2. The van der Waals surface area contributed by atoms with Crippen molar-refractivity contribution in [1.29, 1.82) is 0 Å². The molecular weight excluding hydrogens is 396 g/mol. The fourth-order valence-electron chi connectivity index (χ4n) is 2.71. The van der Waals surface area contributed by atoms with Gasteiger partial charge in [-0.05, 0) is 42.8 Å². The smallest absolute Gasteiger partial charge is 0.393 e. The van der Waals surface area contributed by atoms with Gasteiger partial charge < -0.3 is 9.47 Å². The second kappa shape index (κ2) is 7.69. The van der Waals surface area contributed by atoms with E-state index >= 15 is 0 Å². The number of para-hydroxylation sites is 1. The van der Waals surface area contributed by atoms with E-state index in [9.17, 15) is 10.1 Å². The first kappa shape index (κ1) is 18.6. The molecular formula is C20H13ClN4O4. The monoisotopic (exact) mass is 408 g/mol. The van der Waals surface area contributed by atoms with Crippen LogP contribution in [0.3, 0.4) is 0 Å². The first-order chi connectivity index (χ1) is 14.0. The molecule has 9 heteroatoms. The lowest BCUT2D eigenvalue weighted by Crippen LogP contribution is -2.01. The molecule has 0 radical (unpaired) electrons. The number of rotatable bonds is 5. The molecule has 0 N–H and O–H groups in total. The highest BCUT2D eigenvalue weighted by atomic mass is 35.5. The van der Waals surface area contributed by atoms with E-state index in [0.29, 0.717) is 22.0 Å². The molecule has 2 heterocycles. The molecule has 144 valence electrons. The van der Waals surface area contributed by atoms with Gasteiger partial charge in [-0.3, -0.25) is 15.1 Å². The Morgan fingerprint density at radius 1 is 1.00 bits per heavy atom. The highest BCUT2D eigenvalue weighted by molar-refractivity contribution is 6.31. The Labute approximate surface area is 169 Å². The fourth-order valence-corrected chi connectivity index (χ4v) is 2.83. The van der Waals surface area contributed by atoms with Crippen molar-refractivity contribution in [2.75, 3.05) is 0 Å². The molecule has 0 unspecified atom stereocenters. The van der Waals surface area contributed by atoms with E-state index < -0.39 is 10.6 Å². The van der Waals surface area contributed by atoms with E-state index in [1.54, 1.807) is 49.5 Å². The molecule has 0 spiro atoms. The van der Waals surface area contributed by atoms with E-state index in [1.807, 2.05) is 12.1 Å². The predicted molar refractivity (Wildman–Crippen MR) is 107 cm³/mol. The third-order valence-corrected chi connectivity index (χ3v) is 4.51. The van der Waals surface area contributed by atoms with Gasteiger partial charge in [-0.1, -0.05) is 29.8 Å². The molecule has 0 saturated heterocycles. The molecule has 29 heavy (non-hydrogen) atoms. The fraction of sp³-hybridized carbons (Fsp3) is 0.0500. The van der Waals surface area contributed by atoms with E-state index in [1.165, 1.54) is 0 Å². The summed E-state index contributed by atoms with van der Waals surface area (Å²) in [7, 11) is 0. The van der Waals surface area contributed by atoms with Gasteiger partial charge in [-0.25, -0.2) is 0 Å². The minimum atomic E-state index is -0.647. The maximum absolute atomic E-state index is 11.7. The molecule has 8 nitrogen and oxygen atoms in total. The predicted octanol–water partition coefficient (Wildman–Crippen LogP) is 5.48. The van der Waals surface area contributed by atoms with Crippen LogP contribution >= 0.6 is 11.6 Å². The standard InChI is InChI=1S/C20H13ClN4O4/c1-12-10-14(7-8-15(12)21)28-19-18(25(26)27)20(24-11-23-19)29-16-6-2-4-13-5-3-9-22-17(13)16/h2-11H,1H3. The van der Waals surface area contributed by atoms with E-state index in [2.05, 4.69) is 15.0 Å². The Hall–Kier alpha value is -3.78. The molecule has 2 aromatic carbocycles. The molecule has 2 aromatic heterocycles. The van der Waals surface area contributed by atoms with Gasteiger partial charge >= 0.3 is 17.4 Å². The van der Waals surface area contributed by atoms with E-state index in [0.717, 1.165) is 17.3 Å². The zero-order valence-electron chi connectivity index (χ0n) is 15.1. The van der Waals surface area contributed by atoms with Crippen molar-refractivity contribution < 1.29 is 14.4 Å². The number of fused-ring (bicyclic) bond motifs is 1. The van der Waals surface area contributed by atoms with Gasteiger partial charge in [-0.15, -0.1) is 0 Å². The summed E-state index contributed by atoms with van der Waals surface area (Å²) in [6, 6.07) is 13.8. The van der Waals surface area contributed by atoms with Crippen molar-refractivity contribution >= 4 is 28.2 Å². The third kappa shape index (κ3) is 3.78. The zero-order valence-corrected chi connectivity index (χ0v) is 15.8. The first-order valence-corrected chi connectivity index (χ1v) is 8.86. The van der Waals surface area contributed by atoms with Crippen molar-refractivity contribution in [2.45, 2.75) is 6.92 Å². The number of aryl methyl sites for hydroxylation is 1. The van der Waals surface area contributed by atoms with Crippen molar-refractivity contribution in [3.05, 3.63) is 81.8 Å². The molecule has 0 bridgehead atoms. The van der Waals surface area contributed by atoms with Gasteiger partial charge in [-0.2, -0.15) is 9.97 Å². The molecule has 0 aliphatic rings. The zero-order chi connectivity index (χ0) is 20.4. The second-order valence-electron chi connectivity index (χ2n) is 6.04. The lowest BCUT2D eigenvalue weighted by atomic mass is 10.2. The first-order valence-electron chi connectivity index (χ1n) is 8.48. The molecule has 0 aliphatic carbocycles. The van der Waals surface area contributed by atoms with Crippen LogP contribution in [0.5, 0.6) is 23.3 Å². The number of hydrogen-bond donors (Lipinski definition) is 0. The van der Waals surface area contributed by atoms with Crippen LogP contribution in [0.25, 0.3) is 10.9 Å². The molecule has 0 aliphatic heterocycles. The second-order valence-corrected chi connectivity index (χ2v) is 6.44. The maximum Gasteiger partial charge on any atom is 0.393 e. The number of hydrogen-bond acceptors (Lipinski definition) is 7. The quantitative estimate of drug-likeness (QED) is 0.318. The Kier molecular flexibility index (Phi) is 4.92. The number of aromatic nitrogens is 3. The number of nitrogens with zero attached hydrogens (tertiary/aromatic N) is 4. The normalized spacial score (nSPS) is 10.7. The van der Waals surface area contributed by atoms with Crippen LogP contribution in [0.15, 0.2) is 61.1 Å². The minimum Gasteiger partial charge on any atom is -0.433 e. The van der Waals surface area contributed by atoms with Crippen molar-refractivity contribution in [2.24, 2.45) is 0 Å². The van der Waals surface area contributed by atoms with Crippen LogP contribution in [0.4, 0.5) is 5.69 Å². The van der Waals surface area contributed by atoms with Gasteiger partial charge in [0.1, 0.15) is 17.6 Å². The molecule has 0 atom stereocenters. The highest BCUT2D eigenvalue weighted by Crippen LogP contribution is 2.39. The summed E-state index contributed by atoms with van der Waals surface area (Å²) in [5.41, 5.74) is 0.825. The van der Waals surface area contributed by atoms with Crippen molar-refractivity contribution in [1.82, 2.24) is 15.0 Å². The Morgan fingerprint density at radius 3 is 2.52 bits per heavy atom. The van der Waals surface area contributed by atoms with Crippen molar-refractivity contribution in [3.63, 3.8) is 0 Å². The van der Waals surface area contributed by atoms with Gasteiger partial charge in [0.05, 0.1) is 4.92 Å². The molecule has 0 amide bonds. The average Bonchev–Trinajstić information content (AvgIpc) is 2.71. The summed E-state index contributed by atoms with van der Waals surface area (Å²) in [6.45, 7) is 1.80. The van der Waals surface area contributed by atoms with Gasteiger partial charge in [0, 0.05) is 16.6 Å². The maximum atomic E-state index is 11.7. The Morgan fingerprint density at radius 2 is 1.76 bits per heavy atom. The minimum absolute atomic E-state index is 0.241. The van der Waals surface area contributed by atoms with Gasteiger partial charge in [0.15, 0.2) is 5.75 Å². The summed E-state index contributed by atoms with van der Waals surface area (Å²) in [4.78, 5) is 23.2. The van der Waals surface area contributed by atoms with Crippen LogP contribution < -0.4 is 9.47 Å². The van der Waals surface area contributed by atoms with Crippen LogP contribution in [0, 0.1) is 17.0 Å². The largest absolute Gasteiger partial charge is 0.433 e. The Bertz CT molecular complexity index is 1230. The summed E-state index contributed by atoms with van der Waals surface area (Å²) in [5.74, 6) is 0.198. The van der Waals surface area contributed by atoms with Crippen LogP contribution in [0.1, 0.15) is 5.56 Å². The third-order valence-electron chi connectivity index (χ3n) is 4.08. The van der Waals surface area contributed by atoms with Gasteiger partial charge in [0.2, 0.25) is 0 Å². The average molecular weight is 409 g/mol. The molecule has 0 fully saturated rings. The number of pyridine rings is 1. The SMILES string of the molecule is Cc1cc(Oc2ncnc(Oc3cccc4cccnc34)c2[N+](=O)[O-])ccc1Cl. The number of ether oxygens (including phenoxy) is 2. The van der Waals surface area contributed by atoms with Crippen LogP contribution in [-0.2, 0) is 0 Å². The molecule has 4 aromatic rings. The van der Waals surface area contributed by atoms with Crippen LogP contribution in [-0.4, -0.2) is 19.9 Å². The van der Waals surface area contributed by atoms with Crippen LogP contribution in [0.2, 0.25) is 5.02 Å². The Balaban J connectivity index is 1.75. The van der Waals surface area contributed by atoms with Gasteiger partial charge in [0.25, 0.3) is 0 Å². The number of halogens is 1. The van der Waals surface area contributed by atoms with Crippen molar-refractivity contribution in [3.8, 4) is 23.3 Å². The lowest BCUT2D eigenvalue weighted by Gasteiger charge is -2.10. The summed E-state index contributed by atoms with van der Waals surface area (Å²) >= 11 is 6.01.